The van der Waals surface area contributed by atoms with Crippen LogP contribution in [0.3, 0.4) is 0 Å². The molecule has 0 fully saturated rings. The Labute approximate surface area is 78.3 Å². The number of amides is 1. The van der Waals surface area contributed by atoms with Crippen LogP contribution in [0.1, 0.15) is 12.8 Å². The fraction of sp³-hybridized carbons (Fsp3) is 0.875. The van der Waals surface area contributed by atoms with Crippen LogP contribution >= 0.6 is 0 Å². The van der Waals surface area contributed by atoms with Gasteiger partial charge >= 0.3 is 0 Å². The van der Waals surface area contributed by atoms with Gasteiger partial charge in [0.2, 0.25) is 5.91 Å². The topological polar surface area (TPSA) is 84.6 Å². The molecule has 0 rings (SSSR count). The Hall–Kier alpha value is -0.650. The number of hydrogen-bond donors (Lipinski definition) is 3. The summed E-state index contributed by atoms with van der Waals surface area (Å²) < 4.78 is 4.70. The molecule has 0 aromatic rings. The maximum atomic E-state index is 11.0. The van der Waals surface area contributed by atoms with E-state index in [-0.39, 0.29) is 19.1 Å². The summed E-state index contributed by atoms with van der Waals surface area (Å²) in [5.74, 6) is -0.0828. The molecule has 1 amide bonds. The quantitative estimate of drug-likeness (QED) is 0.473. The summed E-state index contributed by atoms with van der Waals surface area (Å²) in [6, 6.07) is 0. The number of aliphatic hydroxyl groups is 1. The third kappa shape index (κ3) is 7.70. The fourth-order valence-electron chi connectivity index (χ4n) is 0.834. The highest BCUT2D eigenvalue weighted by molar-refractivity contribution is 5.75. The van der Waals surface area contributed by atoms with Gasteiger partial charge < -0.3 is 20.9 Å². The lowest BCUT2D eigenvalue weighted by atomic mass is 10.3. The monoisotopic (exact) mass is 190 g/mol. The van der Waals surface area contributed by atoms with Crippen LogP contribution in [0, 0.1) is 0 Å². The van der Waals surface area contributed by atoms with Crippen LogP contribution in [-0.2, 0) is 9.53 Å². The second-order valence-electron chi connectivity index (χ2n) is 2.81. The van der Waals surface area contributed by atoms with Gasteiger partial charge in [-0.25, -0.2) is 0 Å². The van der Waals surface area contributed by atoms with E-state index in [9.17, 15) is 4.79 Å². The Balaban J connectivity index is 3.34. The zero-order valence-electron chi connectivity index (χ0n) is 7.95. The first-order chi connectivity index (χ1) is 6.20. The van der Waals surface area contributed by atoms with Crippen molar-refractivity contribution < 1.29 is 14.6 Å². The highest BCUT2D eigenvalue weighted by atomic mass is 16.5. The van der Waals surface area contributed by atoms with Crippen LogP contribution in [0.15, 0.2) is 0 Å². The maximum Gasteiger partial charge on any atom is 0.220 e. The van der Waals surface area contributed by atoms with Crippen molar-refractivity contribution in [1.29, 1.82) is 0 Å². The summed E-state index contributed by atoms with van der Waals surface area (Å²) in [5, 5.41) is 11.7. The summed E-state index contributed by atoms with van der Waals surface area (Å²) in [6.45, 7) is 0.975. The van der Waals surface area contributed by atoms with Gasteiger partial charge in [-0.05, 0) is 13.0 Å². The van der Waals surface area contributed by atoms with E-state index >= 15 is 0 Å². The first-order valence-electron chi connectivity index (χ1n) is 4.34. The molecule has 0 heterocycles. The first kappa shape index (κ1) is 12.3. The van der Waals surface area contributed by atoms with Crippen molar-refractivity contribution in [2.24, 2.45) is 5.73 Å². The predicted molar refractivity (Wildman–Crippen MR) is 49.2 cm³/mol. The first-order valence-corrected chi connectivity index (χ1v) is 4.34. The van der Waals surface area contributed by atoms with Crippen molar-refractivity contribution in [2.75, 3.05) is 26.8 Å². The molecule has 4 N–H and O–H groups in total. The van der Waals surface area contributed by atoms with E-state index in [0.29, 0.717) is 19.4 Å². The van der Waals surface area contributed by atoms with Gasteiger partial charge in [-0.15, -0.1) is 0 Å². The molecule has 0 aliphatic rings. The molecule has 78 valence electrons. The van der Waals surface area contributed by atoms with Crippen molar-refractivity contribution in [3.8, 4) is 0 Å². The lowest BCUT2D eigenvalue weighted by Gasteiger charge is -2.10. The minimum atomic E-state index is -0.633. The molecule has 0 bridgehead atoms. The summed E-state index contributed by atoms with van der Waals surface area (Å²) in [6.07, 6.45) is 0.453. The molecule has 13 heavy (non-hydrogen) atoms. The van der Waals surface area contributed by atoms with E-state index in [2.05, 4.69) is 5.32 Å². The molecule has 5 heteroatoms. The molecule has 5 nitrogen and oxygen atoms in total. The zero-order chi connectivity index (χ0) is 10.1. The fourth-order valence-corrected chi connectivity index (χ4v) is 0.834. The molecule has 0 aromatic heterocycles. The van der Waals surface area contributed by atoms with Crippen LogP contribution in [0.2, 0.25) is 0 Å². The third-order valence-electron chi connectivity index (χ3n) is 1.50. The van der Waals surface area contributed by atoms with Gasteiger partial charge in [0.15, 0.2) is 0 Å². The number of rotatable bonds is 7. The number of nitrogens with two attached hydrogens (primary N) is 1. The molecule has 1 unspecified atom stereocenters. The van der Waals surface area contributed by atoms with Crippen molar-refractivity contribution in [1.82, 2.24) is 5.32 Å². The van der Waals surface area contributed by atoms with Gasteiger partial charge in [-0.1, -0.05) is 0 Å². The summed E-state index contributed by atoms with van der Waals surface area (Å²) in [4.78, 5) is 11.0. The van der Waals surface area contributed by atoms with E-state index in [1.807, 2.05) is 0 Å². The smallest absolute Gasteiger partial charge is 0.220 e. The van der Waals surface area contributed by atoms with E-state index in [1.165, 1.54) is 7.11 Å². The molecule has 0 aliphatic carbocycles. The van der Waals surface area contributed by atoms with E-state index in [1.54, 1.807) is 0 Å². The Kier molecular flexibility index (Phi) is 7.57. The molecule has 0 spiro atoms. The number of carbonyl (C=O) groups is 1. The SMILES string of the molecule is COCC(O)CNC(=O)CCCN. The molecule has 1 atom stereocenters. The molecule has 0 aliphatic heterocycles. The Morgan fingerprint density at radius 1 is 1.69 bits per heavy atom. The van der Waals surface area contributed by atoms with Crippen LogP contribution in [-0.4, -0.2) is 43.9 Å². The van der Waals surface area contributed by atoms with E-state index in [4.69, 9.17) is 15.6 Å². The predicted octanol–water partition coefficient (Wildman–Crippen LogP) is -1.15. The second kappa shape index (κ2) is 7.97. The van der Waals surface area contributed by atoms with Crippen molar-refractivity contribution in [3.05, 3.63) is 0 Å². The summed E-state index contributed by atoms with van der Waals surface area (Å²) in [5.41, 5.74) is 5.23. The van der Waals surface area contributed by atoms with Gasteiger partial charge in [0.1, 0.15) is 0 Å². The van der Waals surface area contributed by atoms with E-state index < -0.39 is 6.10 Å². The van der Waals surface area contributed by atoms with Crippen LogP contribution in [0.4, 0.5) is 0 Å². The number of carbonyl (C=O) groups excluding carboxylic acids is 1. The van der Waals surface area contributed by atoms with Gasteiger partial charge in [0.05, 0.1) is 12.7 Å². The lowest BCUT2D eigenvalue weighted by molar-refractivity contribution is -0.121. The second-order valence-corrected chi connectivity index (χ2v) is 2.81. The van der Waals surface area contributed by atoms with Crippen LogP contribution in [0.5, 0.6) is 0 Å². The molecule has 0 radical (unpaired) electrons. The summed E-state index contributed by atoms with van der Waals surface area (Å²) >= 11 is 0. The molecule has 0 saturated carbocycles. The molecule has 0 aromatic carbocycles. The van der Waals surface area contributed by atoms with Gasteiger partial charge in [-0.2, -0.15) is 0 Å². The van der Waals surface area contributed by atoms with Gasteiger partial charge in [0.25, 0.3) is 0 Å². The molecular formula is C8H18N2O3. The number of aliphatic hydroxyl groups excluding tert-OH is 1. The van der Waals surface area contributed by atoms with Crippen LogP contribution < -0.4 is 11.1 Å². The number of hydrogen-bond acceptors (Lipinski definition) is 4. The minimum absolute atomic E-state index is 0.0828. The summed E-state index contributed by atoms with van der Waals surface area (Å²) in [7, 11) is 1.50. The Morgan fingerprint density at radius 2 is 2.38 bits per heavy atom. The average Bonchev–Trinajstić information content (AvgIpc) is 2.12. The number of methoxy groups -OCH3 is 1. The Bertz CT molecular complexity index is 141. The maximum absolute atomic E-state index is 11.0. The zero-order valence-corrected chi connectivity index (χ0v) is 7.95. The van der Waals surface area contributed by atoms with E-state index in [0.717, 1.165) is 0 Å². The van der Waals surface area contributed by atoms with Gasteiger partial charge in [0, 0.05) is 20.1 Å². The molecule has 0 saturated heterocycles. The normalized spacial score (nSPS) is 12.5. The molecular weight excluding hydrogens is 172 g/mol. The lowest BCUT2D eigenvalue weighted by Crippen LogP contribution is -2.34. The highest BCUT2D eigenvalue weighted by Gasteiger charge is 2.05. The van der Waals surface area contributed by atoms with Crippen molar-refractivity contribution in [3.63, 3.8) is 0 Å². The number of ether oxygens (including phenoxy) is 1. The van der Waals surface area contributed by atoms with Gasteiger partial charge in [-0.3, -0.25) is 4.79 Å². The van der Waals surface area contributed by atoms with Crippen LogP contribution in [0.25, 0.3) is 0 Å². The standard InChI is InChI=1S/C8H18N2O3/c1-13-6-7(11)5-10-8(12)3-2-4-9/h7,11H,2-6,9H2,1H3,(H,10,12). The van der Waals surface area contributed by atoms with Crippen molar-refractivity contribution in [2.45, 2.75) is 18.9 Å². The van der Waals surface area contributed by atoms with Crippen molar-refractivity contribution >= 4 is 5.91 Å². The average molecular weight is 190 g/mol. The Morgan fingerprint density at radius 3 is 2.92 bits per heavy atom. The number of nitrogens with one attached hydrogen (secondary N) is 1. The minimum Gasteiger partial charge on any atom is -0.389 e. The largest absolute Gasteiger partial charge is 0.389 e. The third-order valence-corrected chi connectivity index (χ3v) is 1.50. The highest BCUT2D eigenvalue weighted by Crippen LogP contribution is 1.87.